The second-order valence-corrected chi connectivity index (χ2v) is 5.10. The smallest absolute Gasteiger partial charge is 0.274 e. The van der Waals surface area contributed by atoms with Crippen molar-refractivity contribution >= 4 is 11.6 Å². The van der Waals surface area contributed by atoms with Crippen LogP contribution in [0.1, 0.15) is 29.8 Å². The first-order valence-electron chi connectivity index (χ1n) is 6.25. The van der Waals surface area contributed by atoms with Gasteiger partial charge in [0.2, 0.25) is 0 Å². The lowest BCUT2D eigenvalue weighted by molar-refractivity contribution is 0.0776. The molecule has 0 bridgehead atoms. The molecule has 1 aliphatic heterocycles. The molecule has 2 atom stereocenters. The fourth-order valence-corrected chi connectivity index (χ4v) is 3.15. The molecule has 2 unspecified atom stereocenters. The number of aromatic nitrogens is 1. The van der Waals surface area contributed by atoms with Crippen molar-refractivity contribution in [2.24, 2.45) is 11.8 Å². The second kappa shape index (κ2) is 4.02. The molecule has 0 spiro atoms. The van der Waals surface area contributed by atoms with Crippen LogP contribution in [0.4, 0.5) is 5.69 Å². The van der Waals surface area contributed by atoms with E-state index in [1.807, 2.05) is 4.90 Å². The van der Waals surface area contributed by atoms with Crippen molar-refractivity contribution in [1.29, 1.82) is 0 Å². The second-order valence-electron chi connectivity index (χ2n) is 5.10. The number of likely N-dealkylation sites (tertiary alicyclic amines) is 1. The fourth-order valence-electron chi connectivity index (χ4n) is 3.15. The molecule has 1 aromatic heterocycles. The van der Waals surface area contributed by atoms with E-state index in [1.165, 1.54) is 19.3 Å². The minimum absolute atomic E-state index is 0.00231. The van der Waals surface area contributed by atoms with Crippen molar-refractivity contribution in [2.75, 3.05) is 18.8 Å². The number of carbonyl (C=O) groups is 1. The van der Waals surface area contributed by atoms with Gasteiger partial charge in [0.1, 0.15) is 0 Å². The van der Waals surface area contributed by atoms with Crippen LogP contribution < -0.4 is 5.73 Å². The van der Waals surface area contributed by atoms with Crippen molar-refractivity contribution in [3.05, 3.63) is 24.0 Å². The van der Waals surface area contributed by atoms with Gasteiger partial charge in [-0.05, 0) is 36.8 Å². The zero-order chi connectivity index (χ0) is 11.8. The highest BCUT2D eigenvalue weighted by Gasteiger charge is 2.38. The van der Waals surface area contributed by atoms with Gasteiger partial charge < -0.3 is 10.6 Å². The van der Waals surface area contributed by atoms with Gasteiger partial charge in [-0.1, -0.05) is 6.42 Å². The Kier molecular flexibility index (Phi) is 2.50. The number of nitrogens with two attached hydrogens (primary N) is 1. The maximum Gasteiger partial charge on any atom is 0.274 e. The van der Waals surface area contributed by atoms with Gasteiger partial charge in [-0.2, -0.15) is 0 Å². The Balaban J connectivity index is 1.78. The molecule has 1 aromatic rings. The minimum Gasteiger partial charge on any atom is -0.397 e. The number of nitrogens with zero attached hydrogens (tertiary/aromatic N) is 2. The number of amides is 1. The van der Waals surface area contributed by atoms with E-state index >= 15 is 0 Å². The summed E-state index contributed by atoms with van der Waals surface area (Å²) in [5, 5.41) is 0. The van der Waals surface area contributed by atoms with Gasteiger partial charge in [-0.15, -0.1) is 0 Å². The van der Waals surface area contributed by atoms with Crippen LogP contribution in [0.5, 0.6) is 0 Å². The highest BCUT2D eigenvalue weighted by molar-refractivity contribution is 5.97. The summed E-state index contributed by atoms with van der Waals surface area (Å²) in [6, 6.07) is 3.49. The van der Waals surface area contributed by atoms with Crippen molar-refractivity contribution in [2.45, 2.75) is 19.3 Å². The zero-order valence-corrected chi connectivity index (χ0v) is 9.80. The molecule has 2 heterocycles. The number of pyridine rings is 1. The molecule has 4 nitrogen and oxygen atoms in total. The summed E-state index contributed by atoms with van der Waals surface area (Å²) in [6.07, 6.45) is 5.49. The molecule has 2 fully saturated rings. The number of hydrogen-bond donors (Lipinski definition) is 1. The lowest BCUT2D eigenvalue weighted by Gasteiger charge is -2.17. The van der Waals surface area contributed by atoms with E-state index in [0.717, 1.165) is 13.1 Å². The van der Waals surface area contributed by atoms with Gasteiger partial charge in [-0.25, -0.2) is 4.98 Å². The summed E-state index contributed by atoms with van der Waals surface area (Å²) in [5.74, 6) is 1.42. The number of hydrogen-bond acceptors (Lipinski definition) is 3. The molecular formula is C13H17N3O. The molecule has 1 saturated heterocycles. The number of fused-ring (bicyclic) bond motifs is 1. The first-order valence-corrected chi connectivity index (χ1v) is 6.25. The number of anilines is 1. The summed E-state index contributed by atoms with van der Waals surface area (Å²) in [5.41, 5.74) is 6.69. The third-order valence-corrected chi connectivity index (χ3v) is 4.05. The van der Waals surface area contributed by atoms with Crippen molar-refractivity contribution < 1.29 is 4.79 Å². The topological polar surface area (TPSA) is 59.2 Å². The SMILES string of the molecule is Nc1cccnc1C(=O)N1CC2CCCC2C1. The van der Waals surface area contributed by atoms with Gasteiger partial charge in [-0.3, -0.25) is 4.79 Å². The number of nitrogen functional groups attached to an aromatic ring is 1. The van der Waals surface area contributed by atoms with E-state index in [9.17, 15) is 4.79 Å². The summed E-state index contributed by atoms with van der Waals surface area (Å²) in [4.78, 5) is 18.3. The summed E-state index contributed by atoms with van der Waals surface area (Å²) >= 11 is 0. The van der Waals surface area contributed by atoms with Gasteiger partial charge in [0.25, 0.3) is 5.91 Å². The molecule has 0 radical (unpaired) electrons. The molecule has 0 aromatic carbocycles. The van der Waals surface area contributed by atoms with Crippen LogP contribution in [0.15, 0.2) is 18.3 Å². The van der Waals surface area contributed by atoms with Crippen LogP contribution in [0.2, 0.25) is 0 Å². The number of rotatable bonds is 1. The standard InChI is InChI=1S/C13H17N3O/c14-11-5-2-6-15-12(11)13(17)16-7-9-3-1-4-10(9)8-16/h2,5-6,9-10H,1,3-4,7-8,14H2. The molecule has 1 aliphatic carbocycles. The maximum atomic E-state index is 12.3. The molecule has 1 saturated carbocycles. The molecule has 3 rings (SSSR count). The van der Waals surface area contributed by atoms with Crippen molar-refractivity contribution in [3.63, 3.8) is 0 Å². The Labute approximate surface area is 101 Å². The van der Waals surface area contributed by atoms with Crippen molar-refractivity contribution in [3.8, 4) is 0 Å². The zero-order valence-electron chi connectivity index (χ0n) is 9.80. The summed E-state index contributed by atoms with van der Waals surface area (Å²) in [7, 11) is 0. The van der Waals surface area contributed by atoms with E-state index in [0.29, 0.717) is 23.2 Å². The molecule has 4 heteroatoms. The average Bonchev–Trinajstić information content (AvgIpc) is 2.88. The maximum absolute atomic E-state index is 12.3. The normalized spacial score (nSPS) is 27.2. The lowest BCUT2D eigenvalue weighted by Crippen LogP contribution is -2.30. The van der Waals surface area contributed by atoms with Crippen LogP contribution in [0.25, 0.3) is 0 Å². The minimum atomic E-state index is -0.00231. The third-order valence-electron chi connectivity index (χ3n) is 4.05. The van der Waals surface area contributed by atoms with Gasteiger partial charge in [0, 0.05) is 19.3 Å². The largest absolute Gasteiger partial charge is 0.397 e. The van der Waals surface area contributed by atoms with Gasteiger partial charge in [0.05, 0.1) is 5.69 Å². The average molecular weight is 231 g/mol. The lowest BCUT2D eigenvalue weighted by atomic mass is 10.0. The van der Waals surface area contributed by atoms with Crippen LogP contribution in [0.3, 0.4) is 0 Å². The van der Waals surface area contributed by atoms with Crippen LogP contribution in [0, 0.1) is 11.8 Å². The first-order chi connectivity index (χ1) is 8.25. The Morgan fingerprint density at radius 1 is 1.35 bits per heavy atom. The van der Waals surface area contributed by atoms with Crippen LogP contribution in [-0.4, -0.2) is 28.9 Å². The predicted molar refractivity (Wildman–Crippen MR) is 65.4 cm³/mol. The monoisotopic (exact) mass is 231 g/mol. The van der Waals surface area contributed by atoms with Crippen molar-refractivity contribution in [1.82, 2.24) is 9.88 Å². The molecule has 2 N–H and O–H groups in total. The first kappa shape index (κ1) is 10.6. The van der Waals surface area contributed by atoms with E-state index in [4.69, 9.17) is 5.73 Å². The molecule has 90 valence electrons. The highest BCUT2D eigenvalue weighted by Crippen LogP contribution is 2.38. The summed E-state index contributed by atoms with van der Waals surface area (Å²) in [6.45, 7) is 1.78. The Bertz CT molecular complexity index is 434. The third kappa shape index (κ3) is 1.77. The Morgan fingerprint density at radius 2 is 2.06 bits per heavy atom. The van der Waals surface area contributed by atoms with Gasteiger partial charge in [0.15, 0.2) is 5.69 Å². The predicted octanol–water partition coefficient (Wildman–Crippen LogP) is 1.54. The fraction of sp³-hybridized carbons (Fsp3) is 0.538. The van der Waals surface area contributed by atoms with Gasteiger partial charge >= 0.3 is 0 Å². The molecule has 1 amide bonds. The Hall–Kier alpha value is -1.58. The molecular weight excluding hydrogens is 214 g/mol. The molecule has 17 heavy (non-hydrogen) atoms. The van der Waals surface area contributed by atoms with Crippen LogP contribution in [-0.2, 0) is 0 Å². The number of carbonyl (C=O) groups excluding carboxylic acids is 1. The quantitative estimate of drug-likeness (QED) is 0.797. The highest BCUT2D eigenvalue weighted by atomic mass is 16.2. The molecule has 2 aliphatic rings. The van der Waals surface area contributed by atoms with Crippen LogP contribution >= 0.6 is 0 Å². The van der Waals surface area contributed by atoms with E-state index < -0.39 is 0 Å². The van der Waals surface area contributed by atoms with E-state index in [-0.39, 0.29) is 5.91 Å². The van der Waals surface area contributed by atoms with E-state index in [1.54, 1.807) is 18.3 Å². The van der Waals surface area contributed by atoms with E-state index in [2.05, 4.69) is 4.98 Å². The summed E-state index contributed by atoms with van der Waals surface area (Å²) < 4.78 is 0. The Morgan fingerprint density at radius 3 is 2.71 bits per heavy atom.